The zero-order valence-electron chi connectivity index (χ0n) is 10.4. The van der Waals surface area contributed by atoms with E-state index in [4.69, 9.17) is 0 Å². The van der Waals surface area contributed by atoms with Gasteiger partial charge in [-0.15, -0.1) is 0 Å². The summed E-state index contributed by atoms with van der Waals surface area (Å²) < 4.78 is 36.0. The first kappa shape index (κ1) is 14.5. The molecule has 0 atom stereocenters. The molecule has 0 bridgehead atoms. The van der Waals surface area contributed by atoms with E-state index in [1.54, 1.807) is 0 Å². The lowest BCUT2D eigenvalue weighted by Crippen LogP contribution is -2.23. The van der Waals surface area contributed by atoms with Crippen LogP contribution in [0.1, 0.15) is 58.3 Å². The van der Waals surface area contributed by atoms with Crippen LogP contribution < -0.4 is 0 Å². The van der Waals surface area contributed by atoms with Crippen molar-refractivity contribution in [2.24, 2.45) is 11.8 Å². The van der Waals surface area contributed by atoms with E-state index in [9.17, 15) is 18.0 Å². The average Bonchev–Trinajstić information content (AvgIpc) is 2.26. The SMILES string of the molecule is CCCC1CCC(C(=O)CCC(F)(F)F)CC1. The molecule has 1 saturated carbocycles. The van der Waals surface area contributed by atoms with Gasteiger partial charge in [-0.1, -0.05) is 19.8 Å². The minimum atomic E-state index is -4.20. The molecule has 0 aromatic carbocycles. The number of alkyl halides is 3. The van der Waals surface area contributed by atoms with Crippen molar-refractivity contribution < 1.29 is 18.0 Å². The maximum absolute atomic E-state index is 12.0. The molecule has 0 aromatic heterocycles. The van der Waals surface area contributed by atoms with Crippen LogP contribution in [0, 0.1) is 11.8 Å². The lowest BCUT2D eigenvalue weighted by Gasteiger charge is -2.27. The van der Waals surface area contributed by atoms with Crippen LogP contribution in [-0.4, -0.2) is 12.0 Å². The summed E-state index contributed by atoms with van der Waals surface area (Å²) in [5.74, 6) is 0.398. The molecule has 1 nitrogen and oxygen atoms in total. The standard InChI is InChI=1S/C13H21F3O/c1-2-3-10-4-6-11(7-5-10)12(17)8-9-13(14,15)16/h10-11H,2-9H2,1H3. The summed E-state index contributed by atoms with van der Waals surface area (Å²) >= 11 is 0. The third-order valence-electron chi connectivity index (χ3n) is 3.65. The first-order valence-corrected chi connectivity index (χ1v) is 6.52. The molecule has 1 fully saturated rings. The molecule has 0 radical (unpaired) electrons. The molecule has 0 amide bonds. The van der Waals surface area contributed by atoms with Crippen molar-refractivity contribution in [1.29, 1.82) is 0 Å². The van der Waals surface area contributed by atoms with E-state index in [0.29, 0.717) is 5.92 Å². The molecule has 4 heteroatoms. The molecule has 0 aromatic rings. The lowest BCUT2D eigenvalue weighted by molar-refractivity contribution is -0.145. The second kappa shape index (κ2) is 6.41. The predicted octanol–water partition coefficient (Wildman–Crippen LogP) is 4.50. The van der Waals surface area contributed by atoms with Gasteiger partial charge in [-0.3, -0.25) is 4.79 Å². The number of ketones is 1. The van der Waals surface area contributed by atoms with Crippen molar-refractivity contribution in [3.05, 3.63) is 0 Å². The highest BCUT2D eigenvalue weighted by Crippen LogP contribution is 2.33. The van der Waals surface area contributed by atoms with Crippen molar-refractivity contribution >= 4 is 5.78 Å². The molecule has 0 unspecified atom stereocenters. The summed E-state index contributed by atoms with van der Waals surface area (Å²) in [6, 6.07) is 0. The molecule has 0 spiro atoms. The summed E-state index contributed by atoms with van der Waals surface area (Å²) in [5.41, 5.74) is 0. The van der Waals surface area contributed by atoms with Gasteiger partial charge in [0.25, 0.3) is 0 Å². The first-order valence-electron chi connectivity index (χ1n) is 6.52. The van der Waals surface area contributed by atoms with Crippen molar-refractivity contribution in [1.82, 2.24) is 0 Å². The van der Waals surface area contributed by atoms with Crippen molar-refractivity contribution in [2.45, 2.75) is 64.5 Å². The molecule has 0 heterocycles. The summed E-state index contributed by atoms with van der Waals surface area (Å²) in [6.45, 7) is 2.14. The quantitative estimate of drug-likeness (QED) is 0.702. The van der Waals surface area contributed by atoms with Crippen LogP contribution in [0.2, 0.25) is 0 Å². The Kier molecular flexibility index (Phi) is 5.47. The summed E-state index contributed by atoms with van der Waals surface area (Å²) in [5, 5.41) is 0. The lowest BCUT2D eigenvalue weighted by atomic mass is 9.78. The number of halogens is 3. The van der Waals surface area contributed by atoms with Crippen LogP contribution in [0.25, 0.3) is 0 Å². The van der Waals surface area contributed by atoms with Crippen molar-refractivity contribution in [3.63, 3.8) is 0 Å². The monoisotopic (exact) mass is 250 g/mol. The Hall–Kier alpha value is -0.540. The Labute approximate surface area is 101 Å². The number of carbonyl (C=O) groups excluding carboxylic acids is 1. The first-order chi connectivity index (χ1) is 7.92. The van der Waals surface area contributed by atoms with Gasteiger partial charge in [-0.05, 0) is 31.6 Å². The van der Waals surface area contributed by atoms with Gasteiger partial charge >= 0.3 is 6.18 Å². The highest BCUT2D eigenvalue weighted by atomic mass is 19.4. The van der Waals surface area contributed by atoms with E-state index in [2.05, 4.69) is 6.92 Å². The van der Waals surface area contributed by atoms with Gasteiger partial charge in [0.2, 0.25) is 0 Å². The van der Waals surface area contributed by atoms with Crippen LogP contribution in [0.4, 0.5) is 13.2 Å². The van der Waals surface area contributed by atoms with E-state index in [1.807, 2.05) is 0 Å². The van der Waals surface area contributed by atoms with E-state index >= 15 is 0 Å². The average molecular weight is 250 g/mol. The smallest absolute Gasteiger partial charge is 0.299 e. The fourth-order valence-electron chi connectivity index (χ4n) is 2.65. The van der Waals surface area contributed by atoms with Crippen molar-refractivity contribution in [3.8, 4) is 0 Å². The number of hydrogen-bond acceptors (Lipinski definition) is 1. The fraction of sp³-hybridized carbons (Fsp3) is 0.923. The Morgan fingerprint density at radius 1 is 1.18 bits per heavy atom. The van der Waals surface area contributed by atoms with Crippen LogP contribution >= 0.6 is 0 Å². The summed E-state index contributed by atoms with van der Waals surface area (Å²) in [6.07, 6.45) is 0.457. The molecular weight excluding hydrogens is 229 g/mol. The van der Waals surface area contributed by atoms with Crippen molar-refractivity contribution in [2.75, 3.05) is 0 Å². The minimum absolute atomic E-state index is 0.106. The summed E-state index contributed by atoms with van der Waals surface area (Å²) in [4.78, 5) is 11.6. The van der Waals surface area contributed by atoms with Gasteiger partial charge in [0, 0.05) is 12.3 Å². The van der Waals surface area contributed by atoms with E-state index in [0.717, 1.165) is 32.1 Å². The van der Waals surface area contributed by atoms with Gasteiger partial charge in [-0.25, -0.2) is 0 Å². The number of hydrogen-bond donors (Lipinski definition) is 0. The topological polar surface area (TPSA) is 17.1 Å². The van der Waals surface area contributed by atoms with Crippen LogP contribution in [0.3, 0.4) is 0 Å². The Morgan fingerprint density at radius 3 is 2.24 bits per heavy atom. The third kappa shape index (κ3) is 5.55. The molecule has 0 N–H and O–H groups in total. The second-order valence-corrected chi connectivity index (χ2v) is 5.09. The third-order valence-corrected chi connectivity index (χ3v) is 3.65. The molecule has 17 heavy (non-hydrogen) atoms. The Balaban J connectivity index is 2.26. The van der Waals surface area contributed by atoms with E-state index in [1.165, 1.54) is 6.42 Å². The molecule has 1 rings (SSSR count). The number of rotatable bonds is 5. The largest absolute Gasteiger partial charge is 0.389 e. The molecule has 0 aliphatic heterocycles. The van der Waals surface area contributed by atoms with Crippen LogP contribution in [0.15, 0.2) is 0 Å². The maximum Gasteiger partial charge on any atom is 0.389 e. The van der Waals surface area contributed by atoms with Crippen LogP contribution in [-0.2, 0) is 4.79 Å². The molecule has 100 valence electrons. The molecular formula is C13H21F3O. The molecule has 1 aliphatic rings. The van der Waals surface area contributed by atoms with Gasteiger partial charge in [-0.2, -0.15) is 13.2 Å². The Bertz CT molecular complexity index is 240. The predicted molar refractivity (Wildman–Crippen MR) is 60.7 cm³/mol. The second-order valence-electron chi connectivity index (χ2n) is 5.09. The zero-order chi connectivity index (χ0) is 12.9. The van der Waals surface area contributed by atoms with Crippen LogP contribution in [0.5, 0.6) is 0 Å². The normalized spacial score (nSPS) is 25.9. The minimum Gasteiger partial charge on any atom is -0.299 e. The van der Waals surface area contributed by atoms with E-state index in [-0.39, 0.29) is 18.1 Å². The Morgan fingerprint density at radius 2 is 1.76 bits per heavy atom. The number of Topliss-reactive ketones (excluding diaryl/α,β-unsaturated/α-hetero) is 1. The molecule has 0 saturated heterocycles. The highest BCUT2D eigenvalue weighted by molar-refractivity contribution is 5.81. The van der Waals surface area contributed by atoms with Gasteiger partial charge < -0.3 is 0 Å². The van der Waals surface area contributed by atoms with Gasteiger partial charge in [0.05, 0.1) is 6.42 Å². The highest BCUT2D eigenvalue weighted by Gasteiger charge is 2.31. The van der Waals surface area contributed by atoms with Gasteiger partial charge in [0.1, 0.15) is 5.78 Å². The zero-order valence-corrected chi connectivity index (χ0v) is 10.4. The molecule has 1 aliphatic carbocycles. The number of carbonyl (C=O) groups is 1. The summed E-state index contributed by atoms with van der Waals surface area (Å²) in [7, 11) is 0. The fourth-order valence-corrected chi connectivity index (χ4v) is 2.65. The maximum atomic E-state index is 12.0. The van der Waals surface area contributed by atoms with Gasteiger partial charge in [0.15, 0.2) is 0 Å². The van der Waals surface area contributed by atoms with E-state index < -0.39 is 12.6 Å².